The first kappa shape index (κ1) is 16.4. The van der Waals surface area contributed by atoms with Crippen LogP contribution < -0.4 is 5.32 Å². The van der Waals surface area contributed by atoms with E-state index in [4.69, 9.17) is 0 Å². The monoisotopic (exact) mass is 381 g/mol. The minimum absolute atomic E-state index is 0.0501. The summed E-state index contributed by atoms with van der Waals surface area (Å²) in [7, 11) is 0. The Balaban J connectivity index is 1.80. The van der Waals surface area contributed by atoms with Gasteiger partial charge in [-0.25, -0.2) is 4.98 Å². The van der Waals surface area contributed by atoms with Crippen molar-refractivity contribution in [2.75, 3.05) is 0 Å². The molecule has 4 nitrogen and oxygen atoms in total. The number of halogens is 1. The third-order valence-corrected chi connectivity index (χ3v) is 4.37. The molecule has 1 aromatic heterocycles. The number of pyridine rings is 1. The number of carbonyl (C=O) groups excluding carboxylic acids is 1. The summed E-state index contributed by atoms with van der Waals surface area (Å²) < 4.78 is 0.661. The van der Waals surface area contributed by atoms with Crippen LogP contribution >= 0.6 is 15.9 Å². The molecule has 0 unspecified atom stereocenters. The number of rotatable bonds is 5. The van der Waals surface area contributed by atoms with Crippen LogP contribution in [-0.2, 0) is 4.79 Å². The summed E-state index contributed by atoms with van der Waals surface area (Å²) in [6, 6.07) is 17.2. The predicted octanol–water partition coefficient (Wildman–Crippen LogP) is 4.02. The highest BCUT2D eigenvalue weighted by molar-refractivity contribution is 9.10. The standard InChI is InChI=1S/C19H16BrN3O/c20-17-8-4-7-16(22-17)11-15(12-21)19(24)23-18(14-9-10-14)13-5-2-1-3-6-13/h1-8,11,14,18H,9-10H2,(H,23,24)/t18-/m1/s1. The normalized spacial score (nSPS) is 15.4. The maximum atomic E-state index is 12.5. The molecule has 0 bridgehead atoms. The first-order valence-corrected chi connectivity index (χ1v) is 8.57. The second-order valence-electron chi connectivity index (χ2n) is 5.75. The van der Waals surface area contributed by atoms with Gasteiger partial charge in [-0.3, -0.25) is 4.79 Å². The van der Waals surface area contributed by atoms with Gasteiger partial charge in [0.15, 0.2) is 0 Å². The Labute approximate surface area is 149 Å². The Kier molecular flexibility index (Phi) is 5.07. The molecule has 1 heterocycles. The summed E-state index contributed by atoms with van der Waals surface area (Å²) in [6.07, 6.45) is 3.70. The van der Waals surface area contributed by atoms with Gasteiger partial charge in [-0.1, -0.05) is 36.4 Å². The third-order valence-electron chi connectivity index (χ3n) is 3.93. The number of nitrogens with zero attached hydrogens (tertiary/aromatic N) is 2. The van der Waals surface area contributed by atoms with Crippen LogP contribution in [0.4, 0.5) is 0 Å². The molecular formula is C19H16BrN3O. The molecule has 0 aliphatic heterocycles. The van der Waals surface area contributed by atoms with Crippen molar-refractivity contribution in [2.24, 2.45) is 5.92 Å². The van der Waals surface area contributed by atoms with Gasteiger partial charge in [0.05, 0.1) is 11.7 Å². The lowest BCUT2D eigenvalue weighted by Gasteiger charge is -2.18. The molecule has 5 heteroatoms. The van der Waals surface area contributed by atoms with Crippen LogP contribution in [0.1, 0.15) is 30.1 Å². The topological polar surface area (TPSA) is 65.8 Å². The quantitative estimate of drug-likeness (QED) is 0.483. The van der Waals surface area contributed by atoms with E-state index in [0.717, 1.165) is 18.4 Å². The largest absolute Gasteiger partial charge is 0.344 e. The Morgan fingerprint density at radius 2 is 2.00 bits per heavy atom. The number of hydrogen-bond acceptors (Lipinski definition) is 3. The Morgan fingerprint density at radius 3 is 2.62 bits per heavy atom. The Morgan fingerprint density at radius 1 is 1.25 bits per heavy atom. The summed E-state index contributed by atoms with van der Waals surface area (Å²) in [5, 5.41) is 12.4. The molecule has 3 rings (SSSR count). The van der Waals surface area contributed by atoms with Crippen molar-refractivity contribution >= 4 is 27.9 Å². The number of nitriles is 1. The smallest absolute Gasteiger partial charge is 0.262 e. The molecule has 1 atom stereocenters. The molecule has 1 saturated carbocycles. The second-order valence-corrected chi connectivity index (χ2v) is 6.57. The highest BCUT2D eigenvalue weighted by atomic mass is 79.9. The number of nitrogens with one attached hydrogen (secondary N) is 1. The number of hydrogen-bond donors (Lipinski definition) is 1. The minimum Gasteiger partial charge on any atom is -0.344 e. The van der Waals surface area contributed by atoms with E-state index in [2.05, 4.69) is 26.2 Å². The minimum atomic E-state index is -0.361. The van der Waals surface area contributed by atoms with Crippen LogP contribution in [0.2, 0.25) is 0 Å². The Bertz CT molecular complexity index is 807. The van der Waals surface area contributed by atoms with Crippen molar-refractivity contribution in [2.45, 2.75) is 18.9 Å². The summed E-state index contributed by atoms with van der Waals surface area (Å²) >= 11 is 3.29. The highest BCUT2D eigenvalue weighted by Crippen LogP contribution is 2.41. The molecule has 1 N–H and O–H groups in total. The van der Waals surface area contributed by atoms with Crippen LogP contribution in [0.3, 0.4) is 0 Å². The summed E-state index contributed by atoms with van der Waals surface area (Å²) in [6.45, 7) is 0. The van der Waals surface area contributed by atoms with Gasteiger partial charge in [0.2, 0.25) is 0 Å². The molecule has 1 aromatic carbocycles. The summed E-state index contributed by atoms with van der Waals surface area (Å²) in [5.41, 5.74) is 1.70. The fourth-order valence-corrected chi connectivity index (χ4v) is 2.94. The van der Waals surface area contributed by atoms with E-state index in [1.165, 1.54) is 6.08 Å². The van der Waals surface area contributed by atoms with Gasteiger partial charge in [0.1, 0.15) is 16.2 Å². The van der Waals surface area contributed by atoms with Crippen LogP contribution in [0, 0.1) is 17.2 Å². The molecule has 2 aromatic rings. The Hall–Kier alpha value is -2.45. The van der Waals surface area contributed by atoms with E-state index in [1.807, 2.05) is 42.5 Å². The van der Waals surface area contributed by atoms with Gasteiger partial charge in [0.25, 0.3) is 5.91 Å². The second kappa shape index (κ2) is 7.41. The van der Waals surface area contributed by atoms with Gasteiger partial charge in [0, 0.05) is 0 Å². The zero-order valence-corrected chi connectivity index (χ0v) is 14.5. The lowest BCUT2D eigenvalue weighted by Crippen LogP contribution is -2.30. The highest BCUT2D eigenvalue weighted by Gasteiger charge is 2.33. The van der Waals surface area contributed by atoms with E-state index in [9.17, 15) is 10.1 Å². The van der Waals surface area contributed by atoms with Crippen molar-refractivity contribution in [3.63, 3.8) is 0 Å². The molecule has 1 aliphatic carbocycles. The van der Waals surface area contributed by atoms with Gasteiger partial charge in [-0.2, -0.15) is 5.26 Å². The van der Waals surface area contributed by atoms with Crippen molar-refractivity contribution in [3.8, 4) is 6.07 Å². The molecule has 0 spiro atoms. The number of aromatic nitrogens is 1. The molecule has 1 aliphatic rings. The molecule has 120 valence electrons. The lowest BCUT2D eigenvalue weighted by atomic mass is 10.0. The van der Waals surface area contributed by atoms with E-state index in [0.29, 0.717) is 16.2 Å². The van der Waals surface area contributed by atoms with Gasteiger partial charge >= 0.3 is 0 Å². The molecule has 24 heavy (non-hydrogen) atoms. The fourth-order valence-electron chi connectivity index (χ4n) is 2.58. The zero-order chi connectivity index (χ0) is 16.9. The van der Waals surface area contributed by atoms with E-state index < -0.39 is 0 Å². The molecular weight excluding hydrogens is 366 g/mol. The van der Waals surface area contributed by atoms with Crippen LogP contribution in [0.15, 0.2) is 58.7 Å². The maximum Gasteiger partial charge on any atom is 0.262 e. The zero-order valence-electron chi connectivity index (χ0n) is 12.9. The number of benzene rings is 1. The van der Waals surface area contributed by atoms with Crippen molar-refractivity contribution in [1.29, 1.82) is 5.26 Å². The van der Waals surface area contributed by atoms with Gasteiger partial charge in [-0.05, 0) is 58.5 Å². The number of carbonyl (C=O) groups is 1. The average molecular weight is 382 g/mol. The van der Waals surface area contributed by atoms with Crippen LogP contribution in [0.25, 0.3) is 6.08 Å². The van der Waals surface area contributed by atoms with Crippen molar-refractivity contribution < 1.29 is 4.79 Å². The average Bonchev–Trinajstić information content (AvgIpc) is 3.43. The van der Waals surface area contributed by atoms with E-state index in [1.54, 1.807) is 12.1 Å². The van der Waals surface area contributed by atoms with E-state index >= 15 is 0 Å². The SMILES string of the molecule is N#CC(=Cc1cccc(Br)n1)C(=O)N[C@H](c1ccccc1)C1CC1. The van der Waals surface area contributed by atoms with Gasteiger partial charge in [-0.15, -0.1) is 0 Å². The predicted molar refractivity (Wildman–Crippen MR) is 95.6 cm³/mol. The third kappa shape index (κ3) is 4.09. The van der Waals surface area contributed by atoms with Gasteiger partial charge < -0.3 is 5.32 Å². The maximum absolute atomic E-state index is 12.5. The fraction of sp³-hybridized carbons (Fsp3) is 0.211. The number of amides is 1. The molecule has 0 radical (unpaired) electrons. The van der Waals surface area contributed by atoms with E-state index in [-0.39, 0.29) is 17.5 Å². The summed E-state index contributed by atoms with van der Waals surface area (Å²) in [4.78, 5) is 16.8. The first-order valence-electron chi connectivity index (χ1n) is 7.77. The lowest BCUT2D eigenvalue weighted by molar-refractivity contribution is -0.117. The molecule has 1 fully saturated rings. The molecule has 1 amide bonds. The summed E-state index contributed by atoms with van der Waals surface area (Å²) in [5.74, 6) is 0.0836. The van der Waals surface area contributed by atoms with Crippen LogP contribution in [-0.4, -0.2) is 10.9 Å². The molecule has 0 saturated heterocycles. The first-order chi connectivity index (χ1) is 11.7. The van der Waals surface area contributed by atoms with Crippen molar-refractivity contribution in [3.05, 3.63) is 70.0 Å². The van der Waals surface area contributed by atoms with Crippen molar-refractivity contribution in [1.82, 2.24) is 10.3 Å². The van der Waals surface area contributed by atoms with Crippen LogP contribution in [0.5, 0.6) is 0 Å².